The number of nitrogens with one attached hydrogen (secondary N) is 7. The molecule has 1 aromatic rings. The van der Waals surface area contributed by atoms with Crippen LogP contribution in [0.3, 0.4) is 0 Å². The van der Waals surface area contributed by atoms with Gasteiger partial charge in [-0.1, -0.05) is 0 Å². The highest BCUT2D eigenvalue weighted by atomic mass is 31.1. The van der Waals surface area contributed by atoms with Crippen LogP contribution in [0, 0.1) is 0 Å². The molecule has 0 amide bonds. The fraction of sp³-hybridized carbons (Fsp3) is 0. The molecule has 16 heteroatoms. The summed E-state index contributed by atoms with van der Waals surface area (Å²) in [6.07, 6.45) is 0. The van der Waals surface area contributed by atoms with E-state index in [9.17, 15) is 0 Å². The summed E-state index contributed by atoms with van der Waals surface area (Å²) in [5, 5.41) is 0. The molecule has 0 aliphatic heterocycles. The van der Waals surface area contributed by atoms with Crippen molar-refractivity contribution in [2.75, 3.05) is 0 Å². The van der Waals surface area contributed by atoms with Crippen LogP contribution in [0.5, 0.6) is 0 Å². The zero-order valence-corrected chi connectivity index (χ0v) is 15.8. The van der Waals surface area contributed by atoms with Gasteiger partial charge >= 0.3 is 0 Å². The van der Waals surface area contributed by atoms with Gasteiger partial charge in [-0.25, -0.2) is 0 Å². The third-order valence-electron chi connectivity index (χ3n) is 0.949. The van der Waals surface area contributed by atoms with Gasteiger partial charge in [0, 0.05) is 59.6 Å². The van der Waals surface area contributed by atoms with Crippen molar-refractivity contribution < 1.29 is 0 Å². The van der Waals surface area contributed by atoms with Crippen LogP contribution in [-0.4, -0.2) is 36.1 Å². The fourth-order valence-electron chi connectivity index (χ4n) is 0.468. The molecule has 0 bridgehead atoms. The minimum absolute atomic E-state index is 0.448. The van der Waals surface area contributed by atoms with Crippen molar-refractivity contribution in [2.45, 2.75) is 0 Å². The van der Waals surface area contributed by atoms with Crippen molar-refractivity contribution in [3.8, 4) is 0 Å². The Kier molecular flexibility index (Phi) is 11.4. The minimum atomic E-state index is 0.448. The van der Waals surface area contributed by atoms with Gasteiger partial charge in [0.25, 0.3) is 0 Å². The van der Waals surface area contributed by atoms with Gasteiger partial charge in [-0.3, -0.25) is 0 Å². The molecule has 0 aliphatic carbocycles. The first-order chi connectivity index (χ1) is 8.00. The molecule has 16 heavy (non-hydrogen) atoms. The lowest BCUT2D eigenvalue weighted by atomic mass is 13.9. The van der Waals surface area contributed by atoms with E-state index in [1.807, 2.05) is 0 Å². The molecule has 7 N–H and O–H groups in total. The maximum absolute atomic E-state index is 4.27. The second kappa shape index (κ2) is 12.3. The number of nitrogens with zero attached hydrogens (tertiary/aromatic N) is 1. The lowest BCUT2D eigenvalue weighted by Gasteiger charge is -1.78. The normalized spacial score (nSPS) is 12.0. The van der Waals surface area contributed by atoms with E-state index >= 15 is 0 Å². The number of aromatic nitrogens is 8. The third kappa shape index (κ3) is 9.99. The molecule has 0 radical (unpaired) electrons. The Hall–Kier alpha value is 0.800. The van der Waals surface area contributed by atoms with Crippen molar-refractivity contribution in [1.82, 2.24) is 36.1 Å². The Balaban J connectivity index is 3.00. The van der Waals surface area contributed by atoms with Crippen molar-refractivity contribution in [2.24, 2.45) is 0 Å². The van der Waals surface area contributed by atoms with E-state index in [4.69, 9.17) is 0 Å². The zero-order chi connectivity index (χ0) is 11.3. The monoisotopic (exact) mass is 374 g/mol. The average Bonchev–Trinajstić information content (AvgIpc) is 2.29. The maximum atomic E-state index is 4.27. The quantitative estimate of drug-likeness (QED) is 0.366. The molecule has 1 heterocycles. The molecule has 0 aliphatic rings. The molecule has 94 valence electrons. The second-order valence-electron chi connectivity index (χ2n) is 1.92. The Morgan fingerprint density at radius 1 is 0.625 bits per heavy atom. The SMILES string of the molecule is n1p[nH][pH][nH][pH][nH][pH][nH][pH][nH][pH][nH][pH][nH][pH]1. The third-order valence-corrected chi connectivity index (χ3v) is 8.54. The smallest absolute Gasteiger partial charge is 0.138 e. The molecule has 0 aromatic carbocycles. The van der Waals surface area contributed by atoms with Crippen LogP contribution in [0.25, 0.3) is 0 Å². The fourth-order valence-corrected chi connectivity index (χ4v) is 8.43. The Labute approximate surface area is 104 Å². The van der Waals surface area contributed by atoms with Crippen molar-refractivity contribution in [3.05, 3.63) is 0 Å². The molecule has 1 rings (SSSR count). The van der Waals surface area contributed by atoms with Gasteiger partial charge < -0.3 is 31.6 Å². The van der Waals surface area contributed by atoms with Gasteiger partial charge in [0.15, 0.2) is 0 Å². The van der Waals surface area contributed by atoms with Gasteiger partial charge in [-0.2, -0.15) is 4.51 Å². The van der Waals surface area contributed by atoms with E-state index < -0.39 is 0 Å². The Bertz CT molecular complexity index is 267. The van der Waals surface area contributed by atoms with Crippen LogP contribution in [0.2, 0.25) is 0 Å². The van der Waals surface area contributed by atoms with E-state index in [0.717, 1.165) is 8.51 Å². The summed E-state index contributed by atoms with van der Waals surface area (Å²) in [5.74, 6) is 0. The van der Waals surface area contributed by atoms with Crippen LogP contribution in [0.4, 0.5) is 0 Å². The number of hydrogen-bond acceptors (Lipinski definition) is 1. The van der Waals surface area contributed by atoms with E-state index in [0.29, 0.717) is 59.6 Å². The Morgan fingerprint density at radius 3 is 1.75 bits per heavy atom. The molecule has 0 saturated carbocycles. The summed E-state index contributed by atoms with van der Waals surface area (Å²) in [4.78, 5) is 0. The summed E-state index contributed by atoms with van der Waals surface area (Å²) in [5.41, 5.74) is 0. The van der Waals surface area contributed by atoms with Crippen LogP contribution >= 0.6 is 68.1 Å². The topological polar surface area (TPSA) is 123 Å². The molecular weight excluding hydrogens is 360 g/mol. The van der Waals surface area contributed by atoms with E-state index in [2.05, 4.69) is 36.1 Å². The van der Waals surface area contributed by atoms with E-state index in [-0.39, 0.29) is 0 Å². The first-order valence-electron chi connectivity index (χ1n) is 3.90. The van der Waals surface area contributed by atoms with Gasteiger partial charge in [0.1, 0.15) is 8.51 Å². The molecule has 0 saturated heterocycles. The van der Waals surface area contributed by atoms with Gasteiger partial charge in [-0.15, -0.1) is 0 Å². The largest absolute Gasteiger partial charge is 0.314 e. The lowest BCUT2D eigenvalue weighted by Crippen LogP contribution is -1.47. The summed E-state index contributed by atoms with van der Waals surface area (Å²) < 4.78 is 27.0. The van der Waals surface area contributed by atoms with Crippen LogP contribution in [0.1, 0.15) is 0 Å². The van der Waals surface area contributed by atoms with Gasteiger partial charge in [0.2, 0.25) is 0 Å². The number of hydrogen-bond donors (Lipinski definition) is 7. The van der Waals surface area contributed by atoms with Gasteiger partial charge in [0.05, 0.1) is 0 Å². The summed E-state index contributed by atoms with van der Waals surface area (Å²) in [6.45, 7) is 0. The predicted octanol–water partition coefficient (Wildman–Crippen LogP) is 3.92. The minimum Gasteiger partial charge on any atom is -0.314 e. The molecule has 7 unspecified atom stereocenters. The molecule has 0 spiro atoms. The average molecular weight is 374 g/mol. The standard InChI is InChI=1S/H14N8P8/c1-9-2-11-4-13-6-15-8-16-7-14-5-12-3-10-1/h1-6,9-15H,(H,7,8). The van der Waals surface area contributed by atoms with Crippen molar-refractivity contribution in [1.29, 1.82) is 0 Å². The van der Waals surface area contributed by atoms with Gasteiger partial charge in [-0.05, 0) is 0 Å². The molecule has 1 aromatic heterocycles. The summed E-state index contributed by atoms with van der Waals surface area (Å²) >= 11 is 0. The number of aromatic amines is 7. The summed E-state index contributed by atoms with van der Waals surface area (Å²) in [7, 11) is 4.81. The first kappa shape index (κ1) is 14.9. The number of rotatable bonds is 0. The first-order valence-corrected chi connectivity index (χ1v) is 11.7. The Morgan fingerprint density at radius 2 is 1.12 bits per heavy atom. The van der Waals surface area contributed by atoms with Crippen molar-refractivity contribution >= 4 is 68.1 Å². The summed E-state index contributed by atoms with van der Waals surface area (Å²) in [6, 6.07) is 0. The van der Waals surface area contributed by atoms with Crippen LogP contribution in [0.15, 0.2) is 0 Å². The predicted molar refractivity (Wildman–Crippen MR) is 89.5 cm³/mol. The molecule has 7 atom stereocenters. The van der Waals surface area contributed by atoms with Crippen LogP contribution in [-0.2, 0) is 0 Å². The molecule has 8 nitrogen and oxygen atoms in total. The number of H-pyrrole nitrogens is 7. The van der Waals surface area contributed by atoms with E-state index in [1.54, 1.807) is 0 Å². The van der Waals surface area contributed by atoms with Crippen LogP contribution < -0.4 is 0 Å². The molecule has 0 fully saturated rings. The highest BCUT2D eigenvalue weighted by Crippen LogP contribution is 2.02. The molecular formula is H14N8P8. The van der Waals surface area contributed by atoms with E-state index in [1.165, 1.54) is 0 Å². The second-order valence-corrected chi connectivity index (χ2v) is 11.5. The highest BCUT2D eigenvalue weighted by molar-refractivity contribution is 7.44. The maximum Gasteiger partial charge on any atom is 0.138 e. The lowest BCUT2D eigenvalue weighted by molar-refractivity contribution is 1.70. The van der Waals surface area contributed by atoms with Crippen molar-refractivity contribution in [3.63, 3.8) is 0 Å². The zero-order valence-electron chi connectivity index (χ0n) is 7.89. The highest BCUT2D eigenvalue weighted by Gasteiger charge is 1.53.